The van der Waals surface area contributed by atoms with Gasteiger partial charge in [0.2, 0.25) is 0 Å². The number of rotatable bonds is 2. The average Bonchev–Trinajstić information content (AvgIpc) is 2.36. The Morgan fingerprint density at radius 1 is 1.06 bits per heavy atom. The molecule has 0 aliphatic rings. The van der Waals surface area contributed by atoms with E-state index in [2.05, 4.69) is 4.98 Å². The van der Waals surface area contributed by atoms with Gasteiger partial charge >= 0.3 is 0 Å². The van der Waals surface area contributed by atoms with Crippen LogP contribution in [0.4, 0.5) is 13.2 Å². The minimum absolute atomic E-state index is 0.303. The van der Waals surface area contributed by atoms with Gasteiger partial charge in [0.15, 0.2) is 17.5 Å². The van der Waals surface area contributed by atoms with Crippen LogP contribution >= 0.6 is 0 Å². The van der Waals surface area contributed by atoms with Crippen molar-refractivity contribution in [2.75, 3.05) is 0 Å². The Labute approximate surface area is 95.4 Å². The Kier molecular flexibility index (Phi) is 3.10. The number of pyridine rings is 1. The minimum Gasteiger partial charge on any atom is -0.383 e. The highest BCUT2D eigenvalue weighted by Gasteiger charge is 2.20. The lowest BCUT2D eigenvalue weighted by molar-refractivity contribution is 0.212. The van der Waals surface area contributed by atoms with Gasteiger partial charge in [-0.3, -0.25) is 4.98 Å². The van der Waals surface area contributed by atoms with E-state index in [-0.39, 0.29) is 5.56 Å². The summed E-state index contributed by atoms with van der Waals surface area (Å²) in [6, 6.07) is 4.84. The Hall–Kier alpha value is -1.88. The van der Waals surface area contributed by atoms with Gasteiger partial charge < -0.3 is 5.11 Å². The van der Waals surface area contributed by atoms with Crippen LogP contribution in [0.5, 0.6) is 0 Å². The summed E-state index contributed by atoms with van der Waals surface area (Å²) in [6.07, 6.45) is 1.43. The van der Waals surface area contributed by atoms with Crippen molar-refractivity contribution in [1.29, 1.82) is 0 Å². The smallest absolute Gasteiger partial charge is 0.194 e. The third kappa shape index (κ3) is 2.14. The van der Waals surface area contributed by atoms with Crippen molar-refractivity contribution in [3.63, 3.8) is 0 Å². The van der Waals surface area contributed by atoms with Gasteiger partial charge in [0, 0.05) is 23.5 Å². The van der Waals surface area contributed by atoms with Crippen molar-refractivity contribution in [3.8, 4) is 0 Å². The molecule has 0 saturated heterocycles. The van der Waals surface area contributed by atoms with Crippen molar-refractivity contribution in [2.24, 2.45) is 0 Å². The molecule has 88 valence electrons. The van der Waals surface area contributed by atoms with Gasteiger partial charge in [-0.15, -0.1) is 0 Å². The minimum atomic E-state index is -1.59. The molecule has 1 aromatic heterocycles. The van der Waals surface area contributed by atoms with Crippen LogP contribution in [0.15, 0.2) is 36.7 Å². The second-order valence-corrected chi connectivity index (χ2v) is 3.45. The zero-order chi connectivity index (χ0) is 12.4. The van der Waals surface area contributed by atoms with Crippen LogP contribution in [0.2, 0.25) is 0 Å². The molecule has 0 fully saturated rings. The Morgan fingerprint density at radius 2 is 1.82 bits per heavy atom. The molecule has 2 nitrogen and oxygen atoms in total. The van der Waals surface area contributed by atoms with Crippen LogP contribution in [0, 0.1) is 17.5 Å². The summed E-state index contributed by atoms with van der Waals surface area (Å²) in [5.41, 5.74) is -0.0192. The molecule has 0 saturated carbocycles. The van der Waals surface area contributed by atoms with E-state index in [4.69, 9.17) is 0 Å². The van der Waals surface area contributed by atoms with Crippen molar-refractivity contribution >= 4 is 0 Å². The van der Waals surface area contributed by atoms with E-state index < -0.39 is 23.6 Å². The molecule has 1 aromatic carbocycles. The number of aromatic nitrogens is 1. The van der Waals surface area contributed by atoms with Gasteiger partial charge in [-0.2, -0.15) is 0 Å². The highest BCUT2D eigenvalue weighted by atomic mass is 19.2. The lowest BCUT2D eigenvalue weighted by Crippen LogP contribution is -2.05. The summed E-state index contributed by atoms with van der Waals surface area (Å²) in [7, 11) is 0. The first-order chi connectivity index (χ1) is 8.11. The molecule has 2 rings (SSSR count). The molecular formula is C12H8F3NO. The van der Waals surface area contributed by atoms with Gasteiger partial charge in [0.25, 0.3) is 0 Å². The second-order valence-electron chi connectivity index (χ2n) is 3.45. The summed E-state index contributed by atoms with van der Waals surface area (Å²) in [5, 5.41) is 9.82. The number of nitrogens with zero attached hydrogens (tertiary/aromatic N) is 1. The predicted octanol–water partition coefficient (Wildman–Crippen LogP) is 2.58. The van der Waals surface area contributed by atoms with E-state index in [1.165, 1.54) is 18.5 Å². The quantitative estimate of drug-likeness (QED) is 0.817. The Morgan fingerprint density at radius 3 is 2.47 bits per heavy atom. The molecule has 2 aromatic rings. The Bertz CT molecular complexity index is 531. The van der Waals surface area contributed by atoms with Gasteiger partial charge in [0.1, 0.15) is 6.10 Å². The summed E-state index contributed by atoms with van der Waals surface area (Å²) in [4.78, 5) is 3.75. The topological polar surface area (TPSA) is 33.1 Å². The van der Waals surface area contributed by atoms with Crippen molar-refractivity contribution in [3.05, 3.63) is 65.2 Å². The van der Waals surface area contributed by atoms with Crippen LogP contribution in [-0.4, -0.2) is 10.1 Å². The third-order valence-corrected chi connectivity index (χ3v) is 2.36. The fourth-order valence-electron chi connectivity index (χ4n) is 1.47. The van der Waals surface area contributed by atoms with Crippen LogP contribution in [0.3, 0.4) is 0 Å². The van der Waals surface area contributed by atoms with E-state index in [0.29, 0.717) is 5.56 Å². The Balaban J connectivity index is 2.45. The first-order valence-corrected chi connectivity index (χ1v) is 4.82. The van der Waals surface area contributed by atoms with E-state index in [9.17, 15) is 18.3 Å². The maximum Gasteiger partial charge on any atom is 0.194 e. The van der Waals surface area contributed by atoms with E-state index >= 15 is 0 Å². The number of benzene rings is 1. The molecular weight excluding hydrogens is 231 g/mol. The molecule has 0 amide bonds. The number of aliphatic hydroxyl groups is 1. The molecule has 1 unspecified atom stereocenters. The average molecular weight is 239 g/mol. The first-order valence-electron chi connectivity index (χ1n) is 4.82. The van der Waals surface area contributed by atoms with Crippen LogP contribution in [-0.2, 0) is 0 Å². The molecule has 0 aliphatic carbocycles. The molecule has 0 bridgehead atoms. The van der Waals surface area contributed by atoms with Gasteiger partial charge in [-0.25, -0.2) is 13.2 Å². The lowest BCUT2D eigenvalue weighted by atomic mass is 10.0. The summed E-state index contributed by atoms with van der Waals surface area (Å²) >= 11 is 0. The van der Waals surface area contributed by atoms with Gasteiger partial charge in [0.05, 0.1) is 0 Å². The number of halogens is 3. The third-order valence-electron chi connectivity index (χ3n) is 2.36. The highest BCUT2D eigenvalue weighted by molar-refractivity contribution is 5.30. The molecule has 1 atom stereocenters. The van der Waals surface area contributed by atoms with Crippen molar-refractivity contribution in [2.45, 2.75) is 6.10 Å². The van der Waals surface area contributed by atoms with Crippen LogP contribution < -0.4 is 0 Å². The summed E-state index contributed by atoms with van der Waals surface area (Å²) < 4.78 is 39.1. The zero-order valence-electron chi connectivity index (χ0n) is 8.57. The van der Waals surface area contributed by atoms with Crippen molar-refractivity contribution in [1.82, 2.24) is 4.98 Å². The van der Waals surface area contributed by atoms with E-state index in [0.717, 1.165) is 12.1 Å². The fourth-order valence-corrected chi connectivity index (χ4v) is 1.47. The second kappa shape index (κ2) is 4.55. The van der Waals surface area contributed by atoms with Crippen LogP contribution in [0.1, 0.15) is 17.2 Å². The molecule has 5 heteroatoms. The molecule has 1 N–H and O–H groups in total. The predicted molar refractivity (Wildman–Crippen MR) is 54.6 cm³/mol. The molecule has 0 aliphatic heterocycles. The zero-order valence-corrected chi connectivity index (χ0v) is 8.57. The number of hydrogen-bond donors (Lipinski definition) is 1. The van der Waals surface area contributed by atoms with E-state index in [1.807, 2.05) is 0 Å². The molecule has 0 radical (unpaired) electrons. The van der Waals surface area contributed by atoms with E-state index in [1.54, 1.807) is 6.07 Å². The monoisotopic (exact) mass is 239 g/mol. The van der Waals surface area contributed by atoms with Gasteiger partial charge in [-0.1, -0.05) is 12.1 Å². The summed E-state index contributed by atoms with van der Waals surface area (Å²) in [5.74, 6) is -4.27. The SMILES string of the molecule is OC(c1cccnc1)c1ccc(F)c(F)c1F. The fraction of sp³-hybridized carbons (Fsp3) is 0.0833. The largest absolute Gasteiger partial charge is 0.383 e. The van der Waals surface area contributed by atoms with Crippen molar-refractivity contribution < 1.29 is 18.3 Å². The lowest BCUT2D eigenvalue weighted by Gasteiger charge is -2.12. The highest BCUT2D eigenvalue weighted by Crippen LogP contribution is 2.25. The van der Waals surface area contributed by atoms with Gasteiger partial charge in [-0.05, 0) is 12.1 Å². The van der Waals surface area contributed by atoms with Crippen LogP contribution in [0.25, 0.3) is 0 Å². The number of hydrogen-bond acceptors (Lipinski definition) is 2. The first kappa shape index (κ1) is 11.6. The molecule has 1 heterocycles. The standard InChI is InChI=1S/C12H8F3NO/c13-9-4-3-8(10(14)11(9)15)12(17)7-2-1-5-16-6-7/h1-6,12,17H. The summed E-state index contributed by atoms with van der Waals surface area (Å²) in [6.45, 7) is 0. The molecule has 0 spiro atoms. The maximum absolute atomic E-state index is 13.4. The number of aliphatic hydroxyl groups excluding tert-OH is 1. The maximum atomic E-state index is 13.4. The molecule has 17 heavy (non-hydrogen) atoms. The normalized spacial score (nSPS) is 12.5.